The maximum absolute atomic E-state index is 14.0. The van der Waals surface area contributed by atoms with Gasteiger partial charge in [-0.2, -0.15) is 0 Å². The molecule has 1 saturated heterocycles. The molecule has 3 atom stereocenters. The molecule has 1 heterocycles. The van der Waals surface area contributed by atoms with Gasteiger partial charge in [0.25, 0.3) is 0 Å². The van der Waals surface area contributed by atoms with E-state index in [0.717, 1.165) is 5.56 Å². The van der Waals surface area contributed by atoms with E-state index in [1.807, 2.05) is 36.4 Å². The highest BCUT2D eigenvalue weighted by Gasteiger charge is 2.48. The van der Waals surface area contributed by atoms with Gasteiger partial charge in [-0.3, -0.25) is 4.79 Å². The van der Waals surface area contributed by atoms with E-state index in [4.69, 9.17) is 0 Å². The number of para-hydroxylation sites is 1. The van der Waals surface area contributed by atoms with Crippen LogP contribution in [0.5, 0.6) is 11.5 Å². The Morgan fingerprint density at radius 2 is 1.53 bits per heavy atom. The van der Waals surface area contributed by atoms with Crippen molar-refractivity contribution in [3.63, 3.8) is 0 Å². The molecule has 36 heavy (non-hydrogen) atoms. The summed E-state index contributed by atoms with van der Waals surface area (Å²) in [4.78, 5) is 14.8. The Bertz CT molecular complexity index is 1390. The second kappa shape index (κ2) is 9.84. The van der Waals surface area contributed by atoms with Crippen LogP contribution in [0.1, 0.15) is 36.1 Å². The van der Waals surface area contributed by atoms with Crippen LogP contribution in [-0.4, -0.2) is 21.2 Å². The number of phenolic OH excluding ortho intramolecular Hbond substituents is 2. The molecule has 0 aromatic heterocycles. The molecule has 5 rings (SSSR count). The molecule has 3 N–H and O–H groups in total. The Morgan fingerprint density at radius 1 is 0.806 bits per heavy atom. The number of carbonyl (C=O) groups excluding carboxylic acids is 1. The van der Waals surface area contributed by atoms with Crippen molar-refractivity contribution in [3.05, 3.63) is 114 Å². The highest BCUT2D eigenvalue weighted by Crippen LogP contribution is 2.48. The summed E-state index contributed by atoms with van der Waals surface area (Å²) in [5, 5.41) is 31.7. The van der Waals surface area contributed by atoms with Gasteiger partial charge in [0.1, 0.15) is 17.3 Å². The molecule has 1 aliphatic rings. The van der Waals surface area contributed by atoms with Crippen LogP contribution in [0.2, 0.25) is 0 Å². The zero-order valence-electron chi connectivity index (χ0n) is 19.5. The third-order valence-electron chi connectivity index (χ3n) is 6.79. The average Bonchev–Trinajstić information content (AvgIpc) is 2.88. The summed E-state index contributed by atoms with van der Waals surface area (Å²) in [6.07, 6.45) is 0.100. The van der Waals surface area contributed by atoms with Crippen LogP contribution in [0.15, 0.2) is 97.1 Å². The molecular weight excluding hydrogens is 457 g/mol. The minimum absolute atomic E-state index is 0.0318. The fourth-order valence-corrected chi connectivity index (χ4v) is 4.97. The van der Waals surface area contributed by atoms with Crippen molar-refractivity contribution in [1.82, 2.24) is 0 Å². The number of β-lactam (4-membered cyclic amide) rings is 1. The highest BCUT2D eigenvalue weighted by molar-refractivity contribution is 6.03. The lowest BCUT2D eigenvalue weighted by molar-refractivity contribution is -0.131. The van der Waals surface area contributed by atoms with E-state index >= 15 is 0 Å². The summed E-state index contributed by atoms with van der Waals surface area (Å²) in [5.74, 6) is -1.03. The Morgan fingerprint density at radius 3 is 2.25 bits per heavy atom. The van der Waals surface area contributed by atoms with Crippen molar-refractivity contribution in [2.75, 3.05) is 4.90 Å². The Labute approximate surface area is 208 Å². The molecule has 0 radical (unpaired) electrons. The molecule has 0 aliphatic carbocycles. The lowest BCUT2D eigenvalue weighted by Crippen LogP contribution is -2.55. The summed E-state index contributed by atoms with van der Waals surface area (Å²) >= 11 is 0. The first-order valence-electron chi connectivity index (χ1n) is 11.9. The standard InChI is InChI=1S/C30H26FNO4/c31-21-9-6-10-22(18-21)32-29(25(30(32)36)15-16-26(33)19-7-2-1-3-8-19)20-13-14-24(28(35)17-20)23-11-4-5-12-27(23)34/h1-14,17-18,25-26,29,33-35H,15-16H2/t25-,26+,29-/m1/s1. The van der Waals surface area contributed by atoms with Crippen LogP contribution < -0.4 is 4.90 Å². The second-order valence-electron chi connectivity index (χ2n) is 9.04. The lowest BCUT2D eigenvalue weighted by atomic mass is 9.78. The average molecular weight is 484 g/mol. The quantitative estimate of drug-likeness (QED) is 0.277. The van der Waals surface area contributed by atoms with Gasteiger partial charge >= 0.3 is 0 Å². The van der Waals surface area contributed by atoms with Gasteiger partial charge in [-0.1, -0.05) is 66.7 Å². The second-order valence-corrected chi connectivity index (χ2v) is 9.04. The van der Waals surface area contributed by atoms with Crippen molar-refractivity contribution in [3.8, 4) is 22.6 Å². The Hall–Kier alpha value is -4.16. The number of rotatable bonds is 7. The number of amides is 1. The molecular formula is C30H26FNO4. The number of carbonyl (C=O) groups is 1. The number of aliphatic hydroxyl groups is 1. The lowest BCUT2D eigenvalue weighted by Gasteiger charge is -2.48. The Kier molecular flexibility index (Phi) is 6.44. The number of benzene rings is 4. The zero-order valence-corrected chi connectivity index (χ0v) is 19.5. The van der Waals surface area contributed by atoms with Crippen LogP contribution in [-0.2, 0) is 4.79 Å². The summed E-state index contributed by atoms with van der Waals surface area (Å²) < 4.78 is 14.0. The number of aliphatic hydroxyl groups excluding tert-OH is 1. The number of anilines is 1. The van der Waals surface area contributed by atoms with Crippen molar-refractivity contribution in [2.45, 2.75) is 25.0 Å². The van der Waals surface area contributed by atoms with Crippen LogP contribution in [0.3, 0.4) is 0 Å². The molecule has 182 valence electrons. The van der Waals surface area contributed by atoms with Gasteiger partial charge in [-0.15, -0.1) is 0 Å². The first-order chi connectivity index (χ1) is 17.4. The van der Waals surface area contributed by atoms with E-state index in [2.05, 4.69) is 0 Å². The monoisotopic (exact) mass is 483 g/mol. The molecule has 4 aromatic rings. The molecule has 1 fully saturated rings. The van der Waals surface area contributed by atoms with Gasteiger partial charge in [-0.05, 0) is 54.3 Å². The van der Waals surface area contributed by atoms with E-state index in [-0.39, 0.29) is 17.4 Å². The van der Waals surface area contributed by atoms with Crippen molar-refractivity contribution >= 4 is 11.6 Å². The summed E-state index contributed by atoms with van der Waals surface area (Å²) in [7, 11) is 0. The van der Waals surface area contributed by atoms with Gasteiger partial charge in [0.15, 0.2) is 0 Å². The minimum Gasteiger partial charge on any atom is -0.507 e. The molecule has 0 spiro atoms. The number of phenols is 2. The molecule has 0 bridgehead atoms. The predicted octanol–water partition coefficient (Wildman–Crippen LogP) is 6.12. The summed E-state index contributed by atoms with van der Waals surface area (Å²) in [5.41, 5.74) is 2.88. The van der Waals surface area contributed by atoms with Crippen molar-refractivity contribution in [1.29, 1.82) is 0 Å². The summed E-state index contributed by atoms with van der Waals surface area (Å²) in [6, 6.07) is 26.6. The van der Waals surface area contributed by atoms with E-state index in [1.165, 1.54) is 17.0 Å². The van der Waals surface area contributed by atoms with E-state index in [0.29, 0.717) is 35.2 Å². The van der Waals surface area contributed by atoms with E-state index in [1.54, 1.807) is 48.5 Å². The van der Waals surface area contributed by atoms with Gasteiger partial charge in [0, 0.05) is 16.8 Å². The van der Waals surface area contributed by atoms with E-state index in [9.17, 15) is 24.5 Å². The number of halogens is 1. The smallest absolute Gasteiger partial charge is 0.233 e. The van der Waals surface area contributed by atoms with Gasteiger partial charge < -0.3 is 20.2 Å². The van der Waals surface area contributed by atoms with Crippen molar-refractivity contribution < 1.29 is 24.5 Å². The molecule has 1 amide bonds. The van der Waals surface area contributed by atoms with Crippen LogP contribution >= 0.6 is 0 Å². The highest BCUT2D eigenvalue weighted by atomic mass is 19.1. The zero-order chi connectivity index (χ0) is 25.2. The topological polar surface area (TPSA) is 81.0 Å². The molecule has 0 saturated carbocycles. The fraction of sp³-hybridized carbons (Fsp3) is 0.167. The predicted molar refractivity (Wildman–Crippen MR) is 136 cm³/mol. The van der Waals surface area contributed by atoms with Crippen LogP contribution in [0.4, 0.5) is 10.1 Å². The molecule has 1 aliphatic heterocycles. The molecule has 5 nitrogen and oxygen atoms in total. The Balaban J connectivity index is 1.46. The SMILES string of the molecule is O=C1[C@H](CC[C@H](O)c2ccccc2)[C@@H](c2ccc(-c3ccccc3O)c(O)c2)N1c1cccc(F)c1. The van der Waals surface area contributed by atoms with Gasteiger partial charge in [0.2, 0.25) is 5.91 Å². The first-order valence-corrected chi connectivity index (χ1v) is 11.9. The maximum Gasteiger partial charge on any atom is 0.233 e. The van der Waals surface area contributed by atoms with Crippen LogP contribution in [0.25, 0.3) is 11.1 Å². The molecule has 6 heteroatoms. The minimum atomic E-state index is -0.709. The molecule has 0 unspecified atom stereocenters. The maximum atomic E-state index is 14.0. The summed E-state index contributed by atoms with van der Waals surface area (Å²) in [6.45, 7) is 0. The number of hydrogen-bond donors (Lipinski definition) is 3. The first kappa shape index (κ1) is 23.6. The number of aromatic hydroxyl groups is 2. The fourth-order valence-electron chi connectivity index (χ4n) is 4.97. The van der Waals surface area contributed by atoms with Gasteiger partial charge in [0.05, 0.1) is 18.1 Å². The van der Waals surface area contributed by atoms with E-state index < -0.39 is 23.9 Å². The normalized spacial score (nSPS) is 18.1. The third kappa shape index (κ3) is 4.43. The third-order valence-corrected chi connectivity index (χ3v) is 6.79. The number of nitrogens with zero attached hydrogens (tertiary/aromatic N) is 1. The molecule has 4 aromatic carbocycles. The van der Waals surface area contributed by atoms with Gasteiger partial charge in [-0.25, -0.2) is 4.39 Å². The largest absolute Gasteiger partial charge is 0.507 e. The van der Waals surface area contributed by atoms with Crippen molar-refractivity contribution in [2.24, 2.45) is 5.92 Å². The van der Waals surface area contributed by atoms with Crippen LogP contribution in [0, 0.1) is 11.7 Å². The number of hydrogen-bond acceptors (Lipinski definition) is 4.